The zero-order valence-corrected chi connectivity index (χ0v) is 21.3. The number of urea groups is 1. The Bertz CT molecular complexity index is 1240. The monoisotopic (exact) mass is 505 g/mol. The van der Waals surface area contributed by atoms with E-state index in [4.69, 9.17) is 5.73 Å². The number of pyridine rings is 1. The summed E-state index contributed by atoms with van der Waals surface area (Å²) in [5, 5.41) is 2.90. The first-order valence-electron chi connectivity index (χ1n) is 12.1. The molecule has 37 heavy (non-hydrogen) atoms. The fourth-order valence-corrected chi connectivity index (χ4v) is 4.81. The Balaban J connectivity index is 1.61. The predicted molar refractivity (Wildman–Crippen MR) is 137 cm³/mol. The quantitative estimate of drug-likeness (QED) is 0.570. The van der Waals surface area contributed by atoms with Gasteiger partial charge in [-0.25, -0.2) is 14.8 Å². The van der Waals surface area contributed by atoms with Gasteiger partial charge in [0.1, 0.15) is 18.4 Å². The van der Waals surface area contributed by atoms with Crippen molar-refractivity contribution in [2.75, 3.05) is 26.4 Å². The van der Waals surface area contributed by atoms with Crippen molar-refractivity contribution < 1.29 is 19.2 Å². The maximum atomic E-state index is 13.7. The number of hydrogen-bond acceptors (Lipinski definition) is 7. The van der Waals surface area contributed by atoms with Crippen LogP contribution in [0.4, 0.5) is 10.6 Å². The second kappa shape index (κ2) is 10.4. The highest BCUT2D eigenvalue weighted by atomic mass is 16.2. The number of anilines is 1. The van der Waals surface area contributed by atoms with Gasteiger partial charge in [-0.15, -0.1) is 0 Å². The summed E-state index contributed by atoms with van der Waals surface area (Å²) in [5.41, 5.74) is 8.21. The zero-order chi connectivity index (χ0) is 26.9. The average Bonchev–Trinajstić information content (AvgIpc) is 3.20. The zero-order valence-electron chi connectivity index (χ0n) is 21.3. The van der Waals surface area contributed by atoms with Gasteiger partial charge < -0.3 is 11.1 Å². The molecule has 1 saturated heterocycles. The molecule has 3 heterocycles. The number of hydrogen-bond donors (Lipinski definition) is 2. The number of likely N-dealkylation sites (N-methyl/N-ethyl adjacent to an activating group) is 2. The Morgan fingerprint density at radius 3 is 2.51 bits per heavy atom. The molecular weight excluding hydrogens is 474 g/mol. The third kappa shape index (κ3) is 5.02. The SMILES string of the molecule is CCC(NC(=O)N1C(=O)[C@H](Cc2cc(C)nc(N)c2)[C@H]1C(=O)N(C)C1=NCC(=O)N1C)c1ccccc1. The summed E-state index contributed by atoms with van der Waals surface area (Å²) in [6.07, 6.45) is 0.802. The molecule has 2 aliphatic heterocycles. The summed E-state index contributed by atoms with van der Waals surface area (Å²) in [6, 6.07) is 10.8. The van der Waals surface area contributed by atoms with Gasteiger partial charge in [0.05, 0.1) is 12.0 Å². The van der Waals surface area contributed by atoms with E-state index in [0.717, 1.165) is 16.0 Å². The number of nitrogen functional groups attached to an aromatic ring is 1. The average molecular weight is 506 g/mol. The van der Waals surface area contributed by atoms with E-state index in [-0.39, 0.29) is 30.9 Å². The number of aromatic nitrogens is 1. The predicted octanol–water partition coefficient (Wildman–Crippen LogP) is 1.49. The number of nitrogens with one attached hydrogen (secondary N) is 1. The van der Waals surface area contributed by atoms with E-state index in [0.29, 0.717) is 17.9 Å². The molecule has 1 aromatic heterocycles. The molecule has 5 amide bonds. The first-order chi connectivity index (χ1) is 17.6. The van der Waals surface area contributed by atoms with Crippen molar-refractivity contribution in [3.8, 4) is 0 Å². The van der Waals surface area contributed by atoms with Gasteiger partial charge in [-0.05, 0) is 43.0 Å². The number of carbonyl (C=O) groups is 4. The first kappa shape index (κ1) is 25.8. The van der Waals surface area contributed by atoms with Crippen molar-refractivity contribution >= 4 is 35.5 Å². The molecule has 194 valence electrons. The van der Waals surface area contributed by atoms with Gasteiger partial charge in [0.2, 0.25) is 11.9 Å². The highest BCUT2D eigenvalue weighted by Gasteiger charge is 2.56. The maximum absolute atomic E-state index is 13.7. The van der Waals surface area contributed by atoms with E-state index in [9.17, 15) is 19.2 Å². The van der Waals surface area contributed by atoms with Gasteiger partial charge in [-0.3, -0.25) is 29.1 Å². The standard InChI is InChI=1S/C26H31N7O4/c1-5-19(17-9-7-6-8-10-17)30-26(37)33-22(24(36)32(4)25-28-14-21(34)31(25)3)18(23(33)35)12-16-11-15(2)29-20(27)13-16/h6-11,13,18-19,22H,5,12,14H2,1-4H3,(H2,27,29)(H,30,37)/t18-,19?,22+/m1/s1. The summed E-state index contributed by atoms with van der Waals surface area (Å²) < 4.78 is 0. The smallest absolute Gasteiger partial charge is 0.325 e. The minimum Gasteiger partial charge on any atom is -0.384 e. The van der Waals surface area contributed by atoms with Gasteiger partial charge in [0.15, 0.2) is 0 Å². The lowest BCUT2D eigenvalue weighted by molar-refractivity contribution is -0.160. The fourth-order valence-electron chi connectivity index (χ4n) is 4.81. The second-order valence-corrected chi connectivity index (χ2v) is 9.29. The van der Waals surface area contributed by atoms with Crippen LogP contribution in [0, 0.1) is 12.8 Å². The Morgan fingerprint density at radius 2 is 1.92 bits per heavy atom. The summed E-state index contributed by atoms with van der Waals surface area (Å²) in [4.78, 5) is 64.1. The number of likely N-dealkylation sites (tertiary alicyclic amines) is 1. The van der Waals surface area contributed by atoms with Crippen LogP contribution < -0.4 is 11.1 Å². The number of rotatable bonds is 6. The Hall–Kier alpha value is -4.28. The van der Waals surface area contributed by atoms with Gasteiger partial charge in [-0.1, -0.05) is 37.3 Å². The Morgan fingerprint density at radius 1 is 1.22 bits per heavy atom. The molecule has 1 fully saturated rings. The molecule has 1 aromatic carbocycles. The minimum absolute atomic E-state index is 0.0640. The number of carbonyl (C=O) groups excluding carboxylic acids is 4. The van der Waals surface area contributed by atoms with Crippen LogP contribution in [0.2, 0.25) is 0 Å². The lowest BCUT2D eigenvalue weighted by Gasteiger charge is -2.46. The number of β-lactam (4-membered cyclic amide) rings is 1. The van der Waals surface area contributed by atoms with Gasteiger partial charge in [0, 0.05) is 19.8 Å². The number of aryl methyl sites for hydroxylation is 1. The molecule has 3 N–H and O–H groups in total. The third-order valence-electron chi connectivity index (χ3n) is 6.74. The van der Waals surface area contributed by atoms with Crippen LogP contribution in [-0.2, 0) is 20.8 Å². The largest absolute Gasteiger partial charge is 0.384 e. The van der Waals surface area contributed by atoms with Gasteiger partial charge >= 0.3 is 6.03 Å². The fraction of sp³-hybridized carbons (Fsp3) is 0.385. The van der Waals surface area contributed by atoms with E-state index < -0.39 is 29.8 Å². The summed E-state index contributed by atoms with van der Waals surface area (Å²) >= 11 is 0. The van der Waals surface area contributed by atoms with E-state index in [1.165, 1.54) is 23.9 Å². The van der Waals surface area contributed by atoms with Crippen molar-refractivity contribution in [2.45, 2.75) is 38.8 Å². The maximum Gasteiger partial charge on any atom is 0.325 e. The number of benzene rings is 1. The van der Waals surface area contributed by atoms with Crippen LogP contribution in [0.5, 0.6) is 0 Å². The number of guanidine groups is 1. The number of nitrogens with two attached hydrogens (primary N) is 1. The van der Waals surface area contributed by atoms with Crippen molar-refractivity contribution in [2.24, 2.45) is 10.9 Å². The molecule has 0 saturated carbocycles. The van der Waals surface area contributed by atoms with Crippen LogP contribution in [0.1, 0.15) is 36.2 Å². The molecule has 0 bridgehead atoms. The molecule has 0 radical (unpaired) electrons. The number of nitrogens with zero attached hydrogens (tertiary/aromatic N) is 5. The Labute approximate surface area is 215 Å². The van der Waals surface area contributed by atoms with E-state index in [2.05, 4.69) is 15.3 Å². The van der Waals surface area contributed by atoms with Crippen LogP contribution in [0.25, 0.3) is 0 Å². The van der Waals surface area contributed by atoms with E-state index in [1.807, 2.05) is 37.3 Å². The highest BCUT2D eigenvalue weighted by molar-refractivity contribution is 6.14. The molecular formula is C26H31N7O4. The highest BCUT2D eigenvalue weighted by Crippen LogP contribution is 2.33. The lowest BCUT2D eigenvalue weighted by atomic mass is 9.81. The number of amides is 5. The minimum atomic E-state index is -1.08. The van der Waals surface area contributed by atoms with E-state index >= 15 is 0 Å². The summed E-state index contributed by atoms with van der Waals surface area (Å²) in [5.74, 6) is -1.52. The molecule has 2 aromatic rings. The molecule has 3 atom stereocenters. The molecule has 11 heteroatoms. The number of imide groups is 1. The molecule has 0 aliphatic carbocycles. The molecule has 4 rings (SSSR count). The van der Waals surface area contributed by atoms with Gasteiger partial charge in [0.25, 0.3) is 11.8 Å². The Kier molecular flexibility index (Phi) is 7.23. The summed E-state index contributed by atoms with van der Waals surface area (Å²) in [6.45, 7) is 3.65. The van der Waals surface area contributed by atoms with Crippen LogP contribution in [0.3, 0.4) is 0 Å². The topological polar surface area (TPSA) is 141 Å². The molecule has 2 aliphatic rings. The van der Waals surface area contributed by atoms with Crippen molar-refractivity contribution in [1.82, 2.24) is 25.0 Å². The molecule has 1 unspecified atom stereocenters. The lowest BCUT2D eigenvalue weighted by Crippen LogP contribution is -2.71. The molecule has 11 nitrogen and oxygen atoms in total. The van der Waals surface area contributed by atoms with Gasteiger partial charge in [-0.2, -0.15) is 0 Å². The van der Waals surface area contributed by atoms with Crippen LogP contribution in [-0.4, -0.2) is 76.1 Å². The summed E-state index contributed by atoms with van der Waals surface area (Å²) in [7, 11) is 3.01. The molecule has 0 spiro atoms. The van der Waals surface area contributed by atoms with Crippen LogP contribution in [0.15, 0.2) is 47.5 Å². The van der Waals surface area contributed by atoms with Crippen molar-refractivity contribution in [3.63, 3.8) is 0 Å². The van der Waals surface area contributed by atoms with Crippen LogP contribution >= 0.6 is 0 Å². The first-order valence-corrected chi connectivity index (χ1v) is 12.1. The second-order valence-electron chi connectivity index (χ2n) is 9.29. The van der Waals surface area contributed by atoms with Crippen molar-refractivity contribution in [3.05, 3.63) is 59.3 Å². The third-order valence-corrected chi connectivity index (χ3v) is 6.74. The van der Waals surface area contributed by atoms with E-state index in [1.54, 1.807) is 19.1 Å². The van der Waals surface area contributed by atoms with Crippen molar-refractivity contribution in [1.29, 1.82) is 0 Å². The normalized spacial score (nSPS) is 19.8. The number of aliphatic imine (C=N–C) groups is 1.